The van der Waals surface area contributed by atoms with Gasteiger partial charge in [0.1, 0.15) is 10.8 Å². The minimum absolute atomic E-state index is 0.0105. The number of carbonyl (C=O) groups excluding carboxylic acids is 2. The fraction of sp³-hybridized carbons (Fsp3) is 0.217. The molecule has 2 aromatic heterocycles. The van der Waals surface area contributed by atoms with Crippen molar-refractivity contribution >= 4 is 51.6 Å². The molecule has 0 saturated heterocycles. The van der Waals surface area contributed by atoms with Crippen LogP contribution in [0.1, 0.15) is 32.3 Å². The first-order valence-electron chi connectivity index (χ1n) is 10.7. The van der Waals surface area contributed by atoms with Crippen LogP contribution in [0.15, 0.2) is 41.6 Å². The molecule has 4 rings (SSSR count). The summed E-state index contributed by atoms with van der Waals surface area (Å²) in [5.74, 6) is -1.19. The zero-order valence-corrected chi connectivity index (χ0v) is 21.9. The second kappa shape index (κ2) is 11.1. The van der Waals surface area contributed by atoms with Crippen LogP contribution in [-0.2, 0) is 11.3 Å². The Morgan fingerprint density at radius 2 is 1.86 bits per heavy atom. The minimum Gasteiger partial charge on any atom is -0.345 e. The maximum absolute atomic E-state index is 14.2. The van der Waals surface area contributed by atoms with Crippen molar-refractivity contribution in [3.05, 3.63) is 74.8 Å². The molecule has 0 aliphatic heterocycles. The number of halogens is 2. The standard InChI is InChI=1S/C23H21ClFN7O2S2/c1-12-6-4-9-17(13(12)2)32-18(10-26-21(34)20-15(24)7-5-8-16(20)25)29-31-23(32)35-11-19(33)27-22-30-28-14(3)36-22/h4-9H,10-11H2,1-3H3,(H,26,34)(H,27,30,33). The van der Waals surface area contributed by atoms with Crippen LogP contribution in [0.2, 0.25) is 5.02 Å². The molecule has 2 aromatic carbocycles. The Hall–Kier alpha value is -3.35. The fourth-order valence-electron chi connectivity index (χ4n) is 3.32. The Bertz CT molecular complexity index is 1420. The third kappa shape index (κ3) is 5.72. The number of thioether (sulfide) groups is 1. The predicted octanol–water partition coefficient (Wildman–Crippen LogP) is 4.50. The van der Waals surface area contributed by atoms with E-state index in [1.807, 2.05) is 32.0 Å². The average Bonchev–Trinajstić information content (AvgIpc) is 3.43. The van der Waals surface area contributed by atoms with Crippen molar-refractivity contribution in [3.63, 3.8) is 0 Å². The van der Waals surface area contributed by atoms with E-state index in [0.717, 1.165) is 21.8 Å². The number of nitrogens with zero attached hydrogens (tertiary/aromatic N) is 5. The van der Waals surface area contributed by atoms with Gasteiger partial charge in [0.05, 0.1) is 28.6 Å². The summed E-state index contributed by atoms with van der Waals surface area (Å²) in [6.45, 7) is 5.70. The monoisotopic (exact) mass is 545 g/mol. The first kappa shape index (κ1) is 25.7. The lowest BCUT2D eigenvalue weighted by atomic mass is 10.1. The normalized spacial score (nSPS) is 10.9. The van der Waals surface area contributed by atoms with E-state index in [9.17, 15) is 14.0 Å². The average molecular weight is 546 g/mol. The number of rotatable bonds is 8. The number of hydrogen-bond donors (Lipinski definition) is 2. The second-order valence-electron chi connectivity index (χ2n) is 7.70. The summed E-state index contributed by atoms with van der Waals surface area (Å²) in [5, 5.41) is 23.3. The van der Waals surface area contributed by atoms with Gasteiger partial charge in [0, 0.05) is 0 Å². The molecule has 2 N–H and O–H groups in total. The number of aryl methyl sites for hydroxylation is 2. The summed E-state index contributed by atoms with van der Waals surface area (Å²) in [7, 11) is 0. The van der Waals surface area contributed by atoms with Crippen LogP contribution >= 0.6 is 34.7 Å². The lowest BCUT2D eigenvalue weighted by Crippen LogP contribution is -2.26. The molecule has 0 radical (unpaired) electrons. The van der Waals surface area contributed by atoms with Gasteiger partial charge < -0.3 is 5.32 Å². The van der Waals surface area contributed by atoms with Gasteiger partial charge in [-0.25, -0.2) is 4.39 Å². The maximum Gasteiger partial charge on any atom is 0.256 e. The third-order valence-corrected chi connectivity index (χ3v) is 7.22. The van der Waals surface area contributed by atoms with Gasteiger partial charge in [-0.05, 0) is 50.1 Å². The molecule has 0 aliphatic carbocycles. The van der Waals surface area contributed by atoms with Crippen LogP contribution in [0.3, 0.4) is 0 Å². The molecule has 2 amide bonds. The number of aromatic nitrogens is 5. The predicted molar refractivity (Wildman–Crippen MR) is 137 cm³/mol. The number of nitrogens with one attached hydrogen (secondary N) is 2. The van der Waals surface area contributed by atoms with E-state index in [-0.39, 0.29) is 28.8 Å². The number of amides is 2. The van der Waals surface area contributed by atoms with Gasteiger partial charge in [-0.15, -0.1) is 20.4 Å². The molecule has 0 bridgehead atoms. The van der Waals surface area contributed by atoms with Gasteiger partial charge in [-0.1, -0.05) is 52.9 Å². The molecule has 0 aliphatic rings. The lowest BCUT2D eigenvalue weighted by Gasteiger charge is -2.15. The van der Waals surface area contributed by atoms with Crippen molar-refractivity contribution in [3.8, 4) is 5.69 Å². The van der Waals surface area contributed by atoms with Crippen LogP contribution in [0.25, 0.3) is 5.69 Å². The first-order chi connectivity index (χ1) is 17.2. The van der Waals surface area contributed by atoms with Crippen molar-refractivity contribution in [1.29, 1.82) is 0 Å². The summed E-state index contributed by atoms with van der Waals surface area (Å²) >= 11 is 8.49. The van der Waals surface area contributed by atoms with E-state index in [1.54, 1.807) is 11.5 Å². The summed E-state index contributed by atoms with van der Waals surface area (Å²) in [4.78, 5) is 25.1. The van der Waals surface area contributed by atoms with Crippen molar-refractivity contribution < 1.29 is 14.0 Å². The van der Waals surface area contributed by atoms with Crippen molar-refractivity contribution in [2.24, 2.45) is 0 Å². The molecule has 0 saturated carbocycles. The fourth-order valence-corrected chi connectivity index (χ4v) is 4.94. The Morgan fingerprint density at radius 1 is 1.08 bits per heavy atom. The SMILES string of the molecule is Cc1nnc(NC(=O)CSc2nnc(CNC(=O)c3c(F)cccc3Cl)n2-c2cccc(C)c2C)s1. The van der Waals surface area contributed by atoms with Crippen molar-refractivity contribution in [1.82, 2.24) is 30.3 Å². The zero-order chi connectivity index (χ0) is 25.8. The number of hydrogen-bond acceptors (Lipinski definition) is 8. The van der Waals surface area contributed by atoms with Crippen LogP contribution in [0.4, 0.5) is 9.52 Å². The summed E-state index contributed by atoms with van der Waals surface area (Å²) < 4.78 is 16.0. The summed E-state index contributed by atoms with van der Waals surface area (Å²) in [6, 6.07) is 9.83. The van der Waals surface area contributed by atoms with Gasteiger partial charge in [0.15, 0.2) is 11.0 Å². The lowest BCUT2D eigenvalue weighted by molar-refractivity contribution is -0.113. The molecule has 2 heterocycles. The van der Waals surface area contributed by atoms with Crippen LogP contribution in [-0.4, -0.2) is 42.5 Å². The third-order valence-electron chi connectivity index (χ3n) is 5.22. The van der Waals surface area contributed by atoms with E-state index < -0.39 is 11.7 Å². The molecule has 0 unspecified atom stereocenters. The topological polar surface area (TPSA) is 115 Å². The first-order valence-corrected chi connectivity index (χ1v) is 12.9. The minimum atomic E-state index is -0.719. The summed E-state index contributed by atoms with van der Waals surface area (Å²) in [6.07, 6.45) is 0. The van der Waals surface area contributed by atoms with Gasteiger partial charge in [-0.3, -0.25) is 19.5 Å². The van der Waals surface area contributed by atoms with E-state index in [4.69, 9.17) is 11.6 Å². The molecular formula is C23H21ClFN7O2S2. The molecule has 0 atom stereocenters. The van der Waals surface area contributed by atoms with Gasteiger partial charge >= 0.3 is 0 Å². The Morgan fingerprint density at radius 3 is 2.58 bits per heavy atom. The van der Waals surface area contributed by atoms with Crippen LogP contribution in [0, 0.1) is 26.6 Å². The molecule has 13 heteroatoms. The zero-order valence-electron chi connectivity index (χ0n) is 19.5. The highest BCUT2D eigenvalue weighted by Crippen LogP contribution is 2.26. The maximum atomic E-state index is 14.2. The molecule has 0 spiro atoms. The molecule has 4 aromatic rings. The van der Waals surface area contributed by atoms with E-state index >= 15 is 0 Å². The van der Waals surface area contributed by atoms with Gasteiger partial charge in [0.2, 0.25) is 11.0 Å². The highest BCUT2D eigenvalue weighted by atomic mass is 35.5. The number of benzene rings is 2. The quantitative estimate of drug-likeness (QED) is 0.313. The Kier molecular flexibility index (Phi) is 7.97. The Balaban J connectivity index is 1.57. The van der Waals surface area contributed by atoms with Gasteiger partial charge in [0.25, 0.3) is 5.91 Å². The highest BCUT2D eigenvalue weighted by Gasteiger charge is 2.21. The second-order valence-corrected chi connectivity index (χ2v) is 10.2. The summed E-state index contributed by atoms with van der Waals surface area (Å²) in [5.41, 5.74) is 2.60. The number of anilines is 1. The van der Waals surface area contributed by atoms with E-state index in [2.05, 4.69) is 31.0 Å². The molecular weight excluding hydrogens is 525 g/mol. The van der Waals surface area contributed by atoms with E-state index in [0.29, 0.717) is 16.1 Å². The van der Waals surface area contributed by atoms with Crippen LogP contribution < -0.4 is 10.6 Å². The van der Waals surface area contributed by atoms with Crippen molar-refractivity contribution in [2.75, 3.05) is 11.1 Å². The highest BCUT2D eigenvalue weighted by molar-refractivity contribution is 7.99. The molecule has 36 heavy (non-hydrogen) atoms. The molecule has 9 nitrogen and oxygen atoms in total. The van der Waals surface area contributed by atoms with E-state index in [1.165, 1.54) is 41.3 Å². The van der Waals surface area contributed by atoms with Crippen LogP contribution in [0.5, 0.6) is 0 Å². The smallest absolute Gasteiger partial charge is 0.256 e. The largest absolute Gasteiger partial charge is 0.345 e. The Labute approximate surface area is 219 Å². The van der Waals surface area contributed by atoms with Gasteiger partial charge in [-0.2, -0.15) is 0 Å². The van der Waals surface area contributed by atoms with Crippen molar-refractivity contribution in [2.45, 2.75) is 32.5 Å². The molecule has 0 fully saturated rings. The molecule has 186 valence electrons. The number of carbonyl (C=O) groups is 2.